The van der Waals surface area contributed by atoms with Gasteiger partial charge in [0.2, 0.25) is 5.78 Å². The standard InChI is InChI=1S/C15H25N3O3/c1-17(2)9-10-18-13(12(21-3)11-16-18)14(19)15(20)7-5-4-6-8-15/h11,20H,4-10H2,1-3H3. The SMILES string of the molecule is COc1cnn(CCN(C)C)c1C(=O)C1(O)CCCCC1. The van der Waals surface area contributed by atoms with Crippen LogP contribution in [0.3, 0.4) is 0 Å². The minimum Gasteiger partial charge on any atom is -0.493 e. The van der Waals surface area contributed by atoms with Gasteiger partial charge in [0.15, 0.2) is 5.75 Å². The van der Waals surface area contributed by atoms with Gasteiger partial charge in [0, 0.05) is 6.54 Å². The van der Waals surface area contributed by atoms with E-state index >= 15 is 0 Å². The number of ketones is 1. The van der Waals surface area contributed by atoms with Crippen LogP contribution in [-0.4, -0.2) is 58.9 Å². The molecule has 21 heavy (non-hydrogen) atoms. The molecule has 0 unspecified atom stereocenters. The van der Waals surface area contributed by atoms with Crippen LogP contribution in [0.4, 0.5) is 0 Å². The number of carbonyl (C=O) groups is 1. The highest BCUT2D eigenvalue weighted by Gasteiger charge is 2.40. The van der Waals surface area contributed by atoms with Gasteiger partial charge in [-0.25, -0.2) is 0 Å². The van der Waals surface area contributed by atoms with Gasteiger partial charge in [-0.05, 0) is 26.9 Å². The van der Waals surface area contributed by atoms with Crippen LogP contribution >= 0.6 is 0 Å². The predicted octanol–water partition coefficient (Wildman–Crippen LogP) is 1.33. The fourth-order valence-corrected chi connectivity index (χ4v) is 2.80. The highest BCUT2D eigenvalue weighted by molar-refractivity contribution is 6.03. The van der Waals surface area contributed by atoms with E-state index in [9.17, 15) is 9.90 Å². The van der Waals surface area contributed by atoms with Crippen LogP contribution in [0, 0.1) is 0 Å². The summed E-state index contributed by atoms with van der Waals surface area (Å²) in [4.78, 5) is 14.8. The van der Waals surface area contributed by atoms with Crippen molar-refractivity contribution in [2.75, 3.05) is 27.7 Å². The quantitative estimate of drug-likeness (QED) is 0.802. The maximum Gasteiger partial charge on any atom is 0.216 e. The smallest absolute Gasteiger partial charge is 0.216 e. The van der Waals surface area contributed by atoms with Gasteiger partial charge in [-0.3, -0.25) is 9.48 Å². The van der Waals surface area contributed by atoms with Gasteiger partial charge in [0.1, 0.15) is 11.3 Å². The summed E-state index contributed by atoms with van der Waals surface area (Å²) in [6.45, 7) is 1.36. The lowest BCUT2D eigenvalue weighted by Crippen LogP contribution is -2.42. The summed E-state index contributed by atoms with van der Waals surface area (Å²) in [5, 5.41) is 14.9. The molecule has 0 aromatic carbocycles. The molecule has 0 atom stereocenters. The first-order valence-corrected chi connectivity index (χ1v) is 7.49. The zero-order valence-electron chi connectivity index (χ0n) is 13.1. The van der Waals surface area contributed by atoms with Crippen molar-refractivity contribution in [3.8, 4) is 5.75 Å². The zero-order valence-corrected chi connectivity index (χ0v) is 13.1. The fourth-order valence-electron chi connectivity index (χ4n) is 2.80. The van der Waals surface area contributed by atoms with E-state index in [0.717, 1.165) is 25.8 Å². The summed E-state index contributed by atoms with van der Waals surface area (Å²) in [5.41, 5.74) is -0.870. The Morgan fingerprint density at radius 1 is 1.43 bits per heavy atom. The number of likely N-dealkylation sites (N-methyl/N-ethyl adjacent to an activating group) is 1. The molecule has 0 bridgehead atoms. The van der Waals surface area contributed by atoms with Crippen molar-refractivity contribution >= 4 is 5.78 Å². The van der Waals surface area contributed by atoms with E-state index in [4.69, 9.17) is 4.74 Å². The molecule has 1 aromatic rings. The third-order valence-corrected chi connectivity index (χ3v) is 4.10. The lowest BCUT2D eigenvalue weighted by Gasteiger charge is -2.30. The molecule has 1 aromatic heterocycles. The molecule has 0 radical (unpaired) electrons. The predicted molar refractivity (Wildman–Crippen MR) is 79.7 cm³/mol. The Balaban J connectivity index is 2.27. The van der Waals surface area contributed by atoms with E-state index in [1.807, 2.05) is 19.0 Å². The van der Waals surface area contributed by atoms with E-state index in [2.05, 4.69) is 5.10 Å². The van der Waals surface area contributed by atoms with Crippen LogP contribution in [-0.2, 0) is 6.54 Å². The number of nitrogens with zero attached hydrogens (tertiary/aromatic N) is 3. The maximum atomic E-state index is 12.8. The Labute approximate surface area is 125 Å². The lowest BCUT2D eigenvalue weighted by atomic mass is 9.80. The zero-order chi connectivity index (χ0) is 15.5. The van der Waals surface area contributed by atoms with Crippen molar-refractivity contribution in [2.24, 2.45) is 0 Å². The highest BCUT2D eigenvalue weighted by atomic mass is 16.5. The molecule has 2 rings (SSSR count). The average molecular weight is 295 g/mol. The monoisotopic (exact) mass is 295 g/mol. The minimum absolute atomic E-state index is 0.254. The van der Waals surface area contributed by atoms with Crippen molar-refractivity contribution in [1.82, 2.24) is 14.7 Å². The van der Waals surface area contributed by atoms with Crippen molar-refractivity contribution in [3.05, 3.63) is 11.9 Å². The molecule has 1 fully saturated rings. The summed E-state index contributed by atoms with van der Waals surface area (Å²) in [6, 6.07) is 0. The first-order valence-electron chi connectivity index (χ1n) is 7.49. The van der Waals surface area contributed by atoms with Crippen molar-refractivity contribution in [1.29, 1.82) is 0 Å². The molecular formula is C15H25N3O3. The molecule has 0 aliphatic heterocycles. The van der Waals surface area contributed by atoms with Crippen LogP contribution < -0.4 is 4.74 Å². The molecule has 1 aliphatic carbocycles. The van der Waals surface area contributed by atoms with Crippen LogP contribution in [0.15, 0.2) is 6.20 Å². The number of rotatable bonds is 6. The Hall–Kier alpha value is -1.40. The highest BCUT2D eigenvalue weighted by Crippen LogP contribution is 2.33. The van der Waals surface area contributed by atoms with Crippen molar-refractivity contribution in [3.63, 3.8) is 0 Å². The molecule has 118 valence electrons. The first-order chi connectivity index (χ1) is 9.98. The van der Waals surface area contributed by atoms with Gasteiger partial charge in [-0.1, -0.05) is 19.3 Å². The minimum atomic E-state index is -1.26. The summed E-state index contributed by atoms with van der Waals surface area (Å²) in [5.74, 6) is 0.188. The topological polar surface area (TPSA) is 67.6 Å². The van der Waals surface area contributed by atoms with E-state index in [-0.39, 0.29) is 5.78 Å². The Morgan fingerprint density at radius 2 is 2.10 bits per heavy atom. The van der Waals surface area contributed by atoms with Crippen molar-refractivity contribution < 1.29 is 14.6 Å². The summed E-state index contributed by atoms with van der Waals surface area (Å²) in [7, 11) is 5.46. The Morgan fingerprint density at radius 3 is 2.67 bits per heavy atom. The molecule has 0 spiro atoms. The molecule has 6 nitrogen and oxygen atoms in total. The van der Waals surface area contributed by atoms with E-state index in [1.165, 1.54) is 7.11 Å². The number of ether oxygens (including phenoxy) is 1. The molecule has 1 aliphatic rings. The molecule has 0 saturated heterocycles. The second kappa shape index (κ2) is 6.58. The number of Topliss-reactive ketones (excluding diaryl/α,β-unsaturated/α-hetero) is 1. The first kappa shape index (κ1) is 16.0. The molecule has 1 saturated carbocycles. The van der Waals surface area contributed by atoms with Gasteiger partial charge in [0.25, 0.3) is 0 Å². The summed E-state index contributed by atoms with van der Waals surface area (Å²) in [6.07, 6.45) is 5.44. The Bertz CT molecular complexity index is 490. The second-order valence-electron chi connectivity index (χ2n) is 6.01. The van der Waals surface area contributed by atoms with E-state index in [0.29, 0.717) is 30.8 Å². The average Bonchev–Trinajstić information content (AvgIpc) is 2.87. The van der Waals surface area contributed by atoms with Crippen LogP contribution in [0.5, 0.6) is 5.75 Å². The van der Waals surface area contributed by atoms with Gasteiger partial charge < -0.3 is 14.7 Å². The number of hydrogen-bond donors (Lipinski definition) is 1. The Kier molecular flexibility index (Phi) is 5.00. The largest absolute Gasteiger partial charge is 0.493 e. The summed E-state index contributed by atoms with van der Waals surface area (Å²) >= 11 is 0. The number of aromatic nitrogens is 2. The van der Waals surface area contributed by atoms with Gasteiger partial charge in [0.05, 0.1) is 19.9 Å². The third kappa shape index (κ3) is 3.44. The molecule has 1 heterocycles. The third-order valence-electron chi connectivity index (χ3n) is 4.10. The number of hydrogen-bond acceptors (Lipinski definition) is 5. The van der Waals surface area contributed by atoms with Gasteiger partial charge in [-0.2, -0.15) is 5.10 Å². The molecule has 0 amide bonds. The fraction of sp³-hybridized carbons (Fsp3) is 0.733. The maximum absolute atomic E-state index is 12.8. The normalized spacial score (nSPS) is 18.0. The number of methoxy groups -OCH3 is 1. The molecule has 6 heteroatoms. The van der Waals surface area contributed by atoms with E-state index in [1.54, 1.807) is 10.9 Å². The molecule has 1 N–H and O–H groups in total. The van der Waals surface area contributed by atoms with Crippen LogP contribution in [0.2, 0.25) is 0 Å². The van der Waals surface area contributed by atoms with Crippen LogP contribution in [0.25, 0.3) is 0 Å². The van der Waals surface area contributed by atoms with Gasteiger partial charge in [-0.15, -0.1) is 0 Å². The van der Waals surface area contributed by atoms with E-state index < -0.39 is 5.60 Å². The number of carbonyl (C=O) groups excluding carboxylic acids is 1. The number of aliphatic hydroxyl groups is 1. The van der Waals surface area contributed by atoms with Gasteiger partial charge >= 0.3 is 0 Å². The lowest BCUT2D eigenvalue weighted by molar-refractivity contribution is 0.0104. The molecular weight excluding hydrogens is 270 g/mol. The summed E-state index contributed by atoms with van der Waals surface area (Å²) < 4.78 is 6.91. The van der Waals surface area contributed by atoms with Crippen molar-refractivity contribution in [2.45, 2.75) is 44.2 Å². The van der Waals surface area contributed by atoms with Crippen LogP contribution in [0.1, 0.15) is 42.6 Å². The second-order valence-corrected chi connectivity index (χ2v) is 6.01.